The Balaban J connectivity index is 1.59. The number of H-pyrrole nitrogens is 1. The van der Waals surface area contributed by atoms with Crippen molar-refractivity contribution in [1.82, 2.24) is 14.8 Å². The SMILES string of the molecule is O=C(CN1CCCC1)N1CCc2c([nH]c3ccc(Br)cc23)C1c1cccc(O)c1. The van der Waals surface area contributed by atoms with E-state index in [1.165, 1.54) is 23.8 Å². The van der Waals surface area contributed by atoms with Gasteiger partial charge in [0.05, 0.1) is 12.6 Å². The monoisotopic (exact) mass is 453 g/mol. The van der Waals surface area contributed by atoms with E-state index in [0.29, 0.717) is 13.1 Å². The van der Waals surface area contributed by atoms with Gasteiger partial charge in [0.25, 0.3) is 0 Å². The molecule has 5 nitrogen and oxygen atoms in total. The van der Waals surface area contributed by atoms with Crippen molar-refractivity contribution >= 4 is 32.7 Å². The van der Waals surface area contributed by atoms with Crippen molar-refractivity contribution in [2.75, 3.05) is 26.2 Å². The molecule has 1 fully saturated rings. The maximum Gasteiger partial charge on any atom is 0.237 e. The molecule has 1 unspecified atom stereocenters. The van der Waals surface area contributed by atoms with Crippen molar-refractivity contribution in [3.8, 4) is 5.75 Å². The molecular formula is C23H24BrN3O2. The Labute approximate surface area is 178 Å². The molecule has 1 atom stereocenters. The number of amides is 1. The molecule has 2 aliphatic heterocycles. The highest BCUT2D eigenvalue weighted by atomic mass is 79.9. The third-order valence-electron chi connectivity index (χ3n) is 6.15. The number of hydrogen-bond acceptors (Lipinski definition) is 3. The predicted octanol–water partition coefficient (Wildman–Crippen LogP) is 4.21. The Morgan fingerprint density at radius 2 is 1.97 bits per heavy atom. The number of likely N-dealkylation sites (tertiary alicyclic amines) is 1. The number of aromatic hydroxyl groups is 1. The van der Waals surface area contributed by atoms with Crippen LogP contribution in [0.2, 0.25) is 0 Å². The van der Waals surface area contributed by atoms with Gasteiger partial charge in [0.1, 0.15) is 5.75 Å². The number of benzene rings is 2. The summed E-state index contributed by atoms with van der Waals surface area (Å²) in [7, 11) is 0. The zero-order chi connectivity index (χ0) is 20.0. The second kappa shape index (κ2) is 7.50. The topological polar surface area (TPSA) is 59.6 Å². The highest BCUT2D eigenvalue weighted by molar-refractivity contribution is 9.10. The minimum atomic E-state index is -0.216. The first-order chi connectivity index (χ1) is 14.1. The minimum absolute atomic E-state index is 0.158. The second-order valence-electron chi connectivity index (χ2n) is 8.03. The lowest BCUT2D eigenvalue weighted by atomic mass is 9.92. The van der Waals surface area contributed by atoms with Crippen molar-refractivity contribution in [2.24, 2.45) is 0 Å². The average Bonchev–Trinajstić information content (AvgIpc) is 3.34. The summed E-state index contributed by atoms with van der Waals surface area (Å²) in [5.74, 6) is 0.381. The maximum atomic E-state index is 13.3. The standard InChI is InChI=1S/C23H24BrN3O2/c24-16-6-7-20-19(13-16)18-8-11-27(21(29)14-26-9-1-2-10-26)23(22(18)25-20)15-4-3-5-17(28)12-15/h3-7,12-13,23,25,28H,1-2,8-11,14H2. The molecule has 0 radical (unpaired) electrons. The molecule has 1 amide bonds. The van der Waals surface area contributed by atoms with E-state index in [9.17, 15) is 9.90 Å². The molecule has 2 aromatic carbocycles. The van der Waals surface area contributed by atoms with Crippen LogP contribution in [0.25, 0.3) is 10.9 Å². The van der Waals surface area contributed by atoms with Crippen LogP contribution in [-0.2, 0) is 11.2 Å². The van der Waals surface area contributed by atoms with Gasteiger partial charge >= 0.3 is 0 Å². The number of carbonyl (C=O) groups is 1. The summed E-state index contributed by atoms with van der Waals surface area (Å²) in [6, 6.07) is 13.3. The molecule has 0 spiro atoms. The van der Waals surface area contributed by atoms with Crippen molar-refractivity contribution in [3.63, 3.8) is 0 Å². The molecule has 3 heterocycles. The van der Waals surface area contributed by atoms with E-state index in [-0.39, 0.29) is 17.7 Å². The number of nitrogens with zero attached hydrogens (tertiary/aromatic N) is 2. The highest BCUT2D eigenvalue weighted by Gasteiger charge is 2.35. The largest absolute Gasteiger partial charge is 0.508 e. The van der Waals surface area contributed by atoms with Crippen LogP contribution in [0.4, 0.5) is 0 Å². The van der Waals surface area contributed by atoms with E-state index in [1.807, 2.05) is 23.1 Å². The number of aromatic nitrogens is 1. The third-order valence-corrected chi connectivity index (χ3v) is 6.65. The molecule has 5 rings (SSSR count). The Morgan fingerprint density at radius 3 is 2.76 bits per heavy atom. The number of nitrogens with one attached hydrogen (secondary N) is 1. The second-order valence-corrected chi connectivity index (χ2v) is 8.94. The summed E-state index contributed by atoms with van der Waals surface area (Å²) in [6.45, 7) is 3.15. The van der Waals surface area contributed by atoms with E-state index in [2.05, 4.69) is 37.9 Å². The number of phenolic OH excluding ortho intramolecular Hbond substituents is 1. The normalized spacial score (nSPS) is 19.6. The van der Waals surface area contributed by atoms with Crippen LogP contribution in [0.15, 0.2) is 46.9 Å². The molecule has 1 aromatic heterocycles. The summed E-state index contributed by atoms with van der Waals surface area (Å²) in [4.78, 5) is 21.1. The molecule has 2 N–H and O–H groups in total. The van der Waals surface area contributed by atoms with E-state index in [0.717, 1.165) is 40.8 Å². The van der Waals surface area contributed by atoms with Crippen molar-refractivity contribution in [1.29, 1.82) is 0 Å². The Bertz CT molecular complexity index is 1070. The number of phenols is 1. The van der Waals surface area contributed by atoms with E-state index >= 15 is 0 Å². The molecule has 3 aromatic rings. The fourth-order valence-electron chi connectivity index (χ4n) is 4.79. The quantitative estimate of drug-likeness (QED) is 0.624. The summed E-state index contributed by atoms with van der Waals surface area (Å²) >= 11 is 3.58. The number of rotatable bonds is 3. The predicted molar refractivity (Wildman–Crippen MR) is 117 cm³/mol. The smallest absolute Gasteiger partial charge is 0.237 e. The summed E-state index contributed by atoms with van der Waals surface area (Å²) in [5.41, 5.74) is 4.34. The Hall–Kier alpha value is -2.31. The van der Waals surface area contributed by atoms with E-state index < -0.39 is 0 Å². The first-order valence-electron chi connectivity index (χ1n) is 10.2. The van der Waals surface area contributed by atoms with Gasteiger partial charge in [0.2, 0.25) is 5.91 Å². The first-order valence-corrected chi connectivity index (χ1v) is 11.0. The van der Waals surface area contributed by atoms with Crippen LogP contribution in [0.3, 0.4) is 0 Å². The van der Waals surface area contributed by atoms with Gasteiger partial charge in [-0.15, -0.1) is 0 Å². The van der Waals surface area contributed by atoms with Crippen LogP contribution in [0.5, 0.6) is 5.75 Å². The van der Waals surface area contributed by atoms with Crippen LogP contribution in [-0.4, -0.2) is 52.0 Å². The molecule has 0 bridgehead atoms. The highest BCUT2D eigenvalue weighted by Crippen LogP contribution is 2.39. The Kier molecular flexibility index (Phi) is 4.84. The number of carbonyl (C=O) groups excluding carboxylic acids is 1. The average molecular weight is 454 g/mol. The Morgan fingerprint density at radius 1 is 1.14 bits per heavy atom. The first kappa shape index (κ1) is 18.7. The third kappa shape index (κ3) is 3.45. The summed E-state index contributed by atoms with van der Waals surface area (Å²) in [5, 5.41) is 11.3. The number of hydrogen-bond donors (Lipinski definition) is 2. The van der Waals surface area contributed by atoms with Crippen LogP contribution >= 0.6 is 15.9 Å². The molecule has 6 heteroatoms. The summed E-state index contributed by atoms with van der Waals surface area (Å²) < 4.78 is 1.05. The fourth-order valence-corrected chi connectivity index (χ4v) is 5.15. The number of aromatic amines is 1. The van der Waals surface area contributed by atoms with Crippen LogP contribution in [0.1, 0.15) is 35.7 Å². The van der Waals surface area contributed by atoms with Gasteiger partial charge in [-0.05, 0) is 73.8 Å². The van der Waals surface area contributed by atoms with Gasteiger partial charge in [0.15, 0.2) is 0 Å². The van der Waals surface area contributed by atoms with Crippen LogP contribution < -0.4 is 0 Å². The zero-order valence-corrected chi connectivity index (χ0v) is 17.8. The zero-order valence-electron chi connectivity index (χ0n) is 16.2. The van der Waals surface area contributed by atoms with Crippen molar-refractivity contribution in [3.05, 3.63) is 63.8 Å². The van der Waals surface area contributed by atoms with Gasteiger partial charge in [-0.2, -0.15) is 0 Å². The van der Waals surface area contributed by atoms with Gasteiger partial charge in [-0.3, -0.25) is 9.69 Å². The minimum Gasteiger partial charge on any atom is -0.508 e. The molecule has 29 heavy (non-hydrogen) atoms. The van der Waals surface area contributed by atoms with Crippen LogP contribution in [0, 0.1) is 0 Å². The molecule has 0 saturated carbocycles. The van der Waals surface area contributed by atoms with Gasteiger partial charge in [-0.25, -0.2) is 0 Å². The van der Waals surface area contributed by atoms with E-state index in [4.69, 9.17) is 0 Å². The molecule has 1 saturated heterocycles. The number of halogens is 1. The fraction of sp³-hybridized carbons (Fsp3) is 0.348. The van der Waals surface area contributed by atoms with Crippen molar-refractivity contribution < 1.29 is 9.90 Å². The van der Waals surface area contributed by atoms with Crippen molar-refractivity contribution in [2.45, 2.75) is 25.3 Å². The lowest BCUT2D eigenvalue weighted by molar-refractivity contribution is -0.134. The molecular weight excluding hydrogens is 430 g/mol. The van der Waals surface area contributed by atoms with E-state index in [1.54, 1.807) is 12.1 Å². The maximum absolute atomic E-state index is 13.3. The lowest BCUT2D eigenvalue weighted by Gasteiger charge is -2.37. The summed E-state index contributed by atoms with van der Waals surface area (Å²) in [6.07, 6.45) is 3.17. The van der Waals surface area contributed by atoms with Gasteiger partial charge in [0, 0.05) is 27.6 Å². The molecule has 0 aliphatic carbocycles. The van der Waals surface area contributed by atoms with Gasteiger partial charge < -0.3 is 15.0 Å². The lowest BCUT2D eigenvalue weighted by Crippen LogP contribution is -2.45. The molecule has 150 valence electrons. The molecule has 2 aliphatic rings. The van der Waals surface area contributed by atoms with Gasteiger partial charge in [-0.1, -0.05) is 28.1 Å². The number of fused-ring (bicyclic) bond motifs is 3.